The third kappa shape index (κ3) is 4.64. The molecule has 5 nitrogen and oxygen atoms in total. The molecule has 0 aliphatic heterocycles. The van der Waals surface area contributed by atoms with Crippen LogP contribution in [0.3, 0.4) is 0 Å². The van der Waals surface area contributed by atoms with E-state index in [0.29, 0.717) is 22.1 Å². The third-order valence-electron chi connectivity index (χ3n) is 3.24. The number of anilines is 1. The first-order chi connectivity index (χ1) is 11.2. The highest BCUT2D eigenvalue weighted by Gasteiger charge is 2.16. The lowest BCUT2D eigenvalue weighted by Gasteiger charge is -2.17. The molecule has 23 heavy (non-hydrogen) atoms. The summed E-state index contributed by atoms with van der Waals surface area (Å²) in [4.78, 5) is 11.9. The summed E-state index contributed by atoms with van der Waals surface area (Å²) in [6.07, 6.45) is 2.02. The Balaban J connectivity index is 2.40. The molecule has 4 N–H and O–H groups in total. The minimum Gasteiger partial charge on any atom is -0.478 e. The first-order valence-corrected chi connectivity index (χ1v) is 8.28. The zero-order chi connectivity index (χ0) is 16.7. The number of rotatable bonds is 8. The Hall–Kier alpha value is -2.18. The summed E-state index contributed by atoms with van der Waals surface area (Å²) in [7, 11) is 0. The second-order valence-corrected chi connectivity index (χ2v) is 5.65. The van der Waals surface area contributed by atoms with E-state index in [1.54, 1.807) is 6.07 Å². The van der Waals surface area contributed by atoms with Crippen molar-refractivity contribution in [3.05, 3.63) is 48.0 Å². The standard InChI is InChI=1S/C17H20N2O3S/c1-2-3-9-19-14-10-12(17(20)21)11-15(23-18)16(14)22-13-7-5-4-6-8-13/h4-8,10-11,19H,2-3,9,18H2,1H3,(H,20,21). The molecule has 0 radical (unpaired) electrons. The van der Waals surface area contributed by atoms with E-state index in [9.17, 15) is 9.90 Å². The second-order valence-electron chi connectivity index (χ2n) is 4.97. The molecule has 2 aromatic rings. The van der Waals surface area contributed by atoms with Gasteiger partial charge in [0.15, 0.2) is 5.75 Å². The number of hydrogen-bond acceptors (Lipinski definition) is 5. The highest BCUT2D eigenvalue weighted by molar-refractivity contribution is 7.97. The highest BCUT2D eigenvalue weighted by Crippen LogP contribution is 2.38. The molecule has 0 unspecified atom stereocenters. The van der Waals surface area contributed by atoms with Crippen molar-refractivity contribution in [2.45, 2.75) is 24.7 Å². The topological polar surface area (TPSA) is 84.6 Å². The van der Waals surface area contributed by atoms with Gasteiger partial charge in [-0.3, -0.25) is 5.14 Å². The number of nitrogens with one attached hydrogen (secondary N) is 1. The van der Waals surface area contributed by atoms with Crippen molar-refractivity contribution in [1.29, 1.82) is 0 Å². The fourth-order valence-electron chi connectivity index (χ4n) is 2.06. The first-order valence-electron chi connectivity index (χ1n) is 7.40. The predicted octanol–water partition coefficient (Wildman–Crippen LogP) is 4.35. The lowest BCUT2D eigenvalue weighted by Crippen LogP contribution is -2.06. The van der Waals surface area contributed by atoms with Crippen LogP contribution in [-0.4, -0.2) is 17.6 Å². The van der Waals surface area contributed by atoms with Gasteiger partial charge in [0.05, 0.1) is 16.1 Å². The Morgan fingerprint density at radius 1 is 1.30 bits per heavy atom. The van der Waals surface area contributed by atoms with Crippen LogP contribution in [-0.2, 0) is 0 Å². The lowest BCUT2D eigenvalue weighted by molar-refractivity contribution is 0.0696. The second kappa shape index (κ2) is 8.45. The monoisotopic (exact) mass is 332 g/mol. The van der Waals surface area contributed by atoms with Gasteiger partial charge >= 0.3 is 5.97 Å². The van der Waals surface area contributed by atoms with E-state index in [4.69, 9.17) is 9.88 Å². The first kappa shape index (κ1) is 17.2. The van der Waals surface area contributed by atoms with E-state index in [0.717, 1.165) is 31.3 Å². The molecular weight excluding hydrogens is 312 g/mol. The van der Waals surface area contributed by atoms with Gasteiger partial charge in [0, 0.05) is 6.54 Å². The minimum atomic E-state index is -0.995. The maximum Gasteiger partial charge on any atom is 0.335 e. The zero-order valence-electron chi connectivity index (χ0n) is 12.9. The molecule has 0 heterocycles. The maximum atomic E-state index is 11.3. The van der Waals surface area contributed by atoms with Gasteiger partial charge in [-0.25, -0.2) is 4.79 Å². The van der Waals surface area contributed by atoms with Crippen LogP contribution in [0, 0.1) is 0 Å². The van der Waals surface area contributed by atoms with Gasteiger partial charge < -0.3 is 15.2 Å². The molecule has 0 saturated heterocycles. The quantitative estimate of drug-likeness (QED) is 0.492. The van der Waals surface area contributed by atoms with Crippen LogP contribution in [0.4, 0.5) is 5.69 Å². The smallest absolute Gasteiger partial charge is 0.335 e. The van der Waals surface area contributed by atoms with E-state index in [2.05, 4.69) is 12.2 Å². The summed E-state index contributed by atoms with van der Waals surface area (Å²) in [5, 5.41) is 18.2. The average molecular weight is 332 g/mol. The van der Waals surface area contributed by atoms with Crippen molar-refractivity contribution in [1.82, 2.24) is 0 Å². The number of benzene rings is 2. The van der Waals surface area contributed by atoms with E-state index < -0.39 is 5.97 Å². The van der Waals surface area contributed by atoms with Crippen molar-refractivity contribution < 1.29 is 14.6 Å². The van der Waals surface area contributed by atoms with Crippen LogP contribution in [0.15, 0.2) is 47.4 Å². The van der Waals surface area contributed by atoms with E-state index >= 15 is 0 Å². The van der Waals surface area contributed by atoms with Crippen LogP contribution < -0.4 is 15.2 Å². The fourth-order valence-corrected chi connectivity index (χ4v) is 2.51. The summed E-state index contributed by atoms with van der Waals surface area (Å²) in [5.74, 6) is 0.222. The molecule has 0 fully saturated rings. The molecule has 6 heteroatoms. The molecule has 0 aromatic heterocycles. The zero-order valence-corrected chi connectivity index (χ0v) is 13.7. The van der Waals surface area contributed by atoms with E-state index in [1.165, 1.54) is 6.07 Å². The number of aromatic carboxylic acids is 1. The van der Waals surface area contributed by atoms with Gasteiger partial charge in [-0.1, -0.05) is 31.5 Å². The summed E-state index contributed by atoms with van der Waals surface area (Å²) < 4.78 is 5.94. The van der Waals surface area contributed by atoms with Crippen LogP contribution in [0.1, 0.15) is 30.1 Å². The lowest BCUT2D eigenvalue weighted by atomic mass is 10.1. The van der Waals surface area contributed by atoms with Gasteiger partial charge in [0.25, 0.3) is 0 Å². The molecule has 0 saturated carbocycles. The van der Waals surface area contributed by atoms with E-state index in [-0.39, 0.29) is 5.56 Å². The highest BCUT2D eigenvalue weighted by atomic mass is 32.2. The SMILES string of the molecule is CCCCNc1cc(C(=O)O)cc(SN)c1Oc1ccccc1. The summed E-state index contributed by atoms with van der Waals surface area (Å²) in [5.41, 5.74) is 0.813. The largest absolute Gasteiger partial charge is 0.478 e. The third-order valence-corrected chi connectivity index (χ3v) is 3.79. The van der Waals surface area contributed by atoms with Crippen LogP contribution >= 0.6 is 11.9 Å². The maximum absolute atomic E-state index is 11.3. The fraction of sp³-hybridized carbons (Fsp3) is 0.235. The predicted molar refractivity (Wildman–Crippen MR) is 93.4 cm³/mol. The molecule has 2 aromatic carbocycles. The molecule has 0 amide bonds. The molecule has 122 valence electrons. The van der Waals surface area contributed by atoms with Gasteiger partial charge in [0.1, 0.15) is 5.75 Å². The molecule has 0 bridgehead atoms. The Morgan fingerprint density at radius 2 is 2.04 bits per heavy atom. The minimum absolute atomic E-state index is 0.178. The van der Waals surface area contributed by atoms with Crippen molar-refractivity contribution in [2.75, 3.05) is 11.9 Å². The van der Waals surface area contributed by atoms with Crippen molar-refractivity contribution in [3.63, 3.8) is 0 Å². The van der Waals surface area contributed by atoms with Gasteiger partial charge in [-0.05, 0) is 42.6 Å². The molecule has 2 rings (SSSR count). The van der Waals surface area contributed by atoms with Gasteiger partial charge in [0.2, 0.25) is 0 Å². The Morgan fingerprint density at radius 3 is 2.65 bits per heavy atom. The Bertz CT molecular complexity index is 662. The Labute approximate surface area is 140 Å². The van der Waals surface area contributed by atoms with Crippen molar-refractivity contribution in [2.24, 2.45) is 5.14 Å². The number of para-hydroxylation sites is 1. The van der Waals surface area contributed by atoms with Crippen LogP contribution in [0.5, 0.6) is 11.5 Å². The van der Waals surface area contributed by atoms with Gasteiger partial charge in [-0.2, -0.15) is 0 Å². The molecular formula is C17H20N2O3S. The van der Waals surface area contributed by atoms with Gasteiger partial charge in [-0.15, -0.1) is 0 Å². The number of carboxylic acids is 1. The van der Waals surface area contributed by atoms with Crippen molar-refractivity contribution >= 4 is 23.6 Å². The summed E-state index contributed by atoms with van der Waals surface area (Å²) in [6.45, 7) is 2.83. The normalized spacial score (nSPS) is 10.3. The molecule has 0 spiro atoms. The number of nitrogens with two attached hydrogens (primary N) is 1. The molecule has 0 atom stereocenters. The van der Waals surface area contributed by atoms with E-state index in [1.807, 2.05) is 30.3 Å². The summed E-state index contributed by atoms with van der Waals surface area (Å²) in [6, 6.07) is 12.4. The molecule has 0 aliphatic rings. The number of hydrogen-bond donors (Lipinski definition) is 3. The number of ether oxygens (including phenoxy) is 1. The molecule has 0 aliphatic carbocycles. The summed E-state index contributed by atoms with van der Waals surface area (Å²) >= 11 is 0.971. The number of carboxylic acid groups (broad SMARTS) is 1. The van der Waals surface area contributed by atoms with Crippen LogP contribution in [0.25, 0.3) is 0 Å². The number of carbonyl (C=O) groups is 1. The van der Waals surface area contributed by atoms with Crippen LogP contribution in [0.2, 0.25) is 0 Å². The average Bonchev–Trinajstić information content (AvgIpc) is 2.57. The Kier molecular flexibility index (Phi) is 6.31. The number of unbranched alkanes of at least 4 members (excludes halogenated alkanes) is 1. The van der Waals surface area contributed by atoms with Crippen molar-refractivity contribution in [3.8, 4) is 11.5 Å².